The van der Waals surface area contributed by atoms with Gasteiger partial charge in [0.1, 0.15) is 0 Å². The van der Waals surface area contributed by atoms with Crippen molar-refractivity contribution in [2.45, 2.75) is 6.42 Å². The van der Waals surface area contributed by atoms with Crippen LogP contribution >= 0.6 is 27.5 Å². The quantitative estimate of drug-likeness (QED) is 0.868. The molecule has 4 nitrogen and oxygen atoms in total. The van der Waals surface area contributed by atoms with E-state index in [4.69, 9.17) is 11.6 Å². The third kappa shape index (κ3) is 3.57. The van der Waals surface area contributed by atoms with Crippen molar-refractivity contribution in [3.05, 3.63) is 63.1 Å². The summed E-state index contributed by atoms with van der Waals surface area (Å²) in [6, 6.07) is 12.7. The van der Waals surface area contributed by atoms with Crippen molar-refractivity contribution in [1.82, 2.24) is 5.32 Å². The molecule has 0 radical (unpaired) electrons. The van der Waals surface area contributed by atoms with Gasteiger partial charge in [-0.15, -0.1) is 0 Å². The molecule has 6 heteroatoms. The number of hydrogen-bond acceptors (Lipinski definition) is 2. The predicted molar refractivity (Wildman–Crippen MR) is 94.0 cm³/mol. The van der Waals surface area contributed by atoms with Gasteiger partial charge >= 0.3 is 0 Å². The molecular formula is C17H14BrClN2O2. The molecule has 0 spiro atoms. The molecule has 118 valence electrons. The minimum Gasteiger partial charge on any atom is -0.343 e. The maximum absolute atomic E-state index is 12.4. The van der Waals surface area contributed by atoms with Gasteiger partial charge in [-0.25, -0.2) is 0 Å². The average molecular weight is 394 g/mol. The summed E-state index contributed by atoms with van der Waals surface area (Å²) in [5, 5.41) is 3.11. The van der Waals surface area contributed by atoms with Gasteiger partial charge in [-0.3, -0.25) is 9.59 Å². The van der Waals surface area contributed by atoms with E-state index in [0.29, 0.717) is 17.1 Å². The van der Waals surface area contributed by atoms with Gasteiger partial charge in [-0.2, -0.15) is 0 Å². The molecule has 0 unspecified atom stereocenters. The summed E-state index contributed by atoms with van der Waals surface area (Å²) in [7, 11) is 0. The summed E-state index contributed by atoms with van der Waals surface area (Å²) in [5.41, 5.74) is 2.50. The fourth-order valence-corrected chi connectivity index (χ4v) is 3.50. The van der Waals surface area contributed by atoms with Crippen molar-refractivity contribution in [2.75, 3.05) is 18.0 Å². The molecule has 0 saturated heterocycles. The topological polar surface area (TPSA) is 49.4 Å². The monoisotopic (exact) mass is 392 g/mol. The number of para-hydroxylation sites is 1. The number of rotatable bonds is 3. The van der Waals surface area contributed by atoms with Crippen LogP contribution in [0.5, 0.6) is 0 Å². The first-order chi connectivity index (χ1) is 11.0. The Morgan fingerprint density at radius 3 is 2.78 bits per heavy atom. The Kier molecular flexibility index (Phi) is 4.68. The molecule has 1 aliphatic heterocycles. The van der Waals surface area contributed by atoms with Crippen LogP contribution < -0.4 is 10.2 Å². The minimum absolute atomic E-state index is 0.0443. The van der Waals surface area contributed by atoms with E-state index in [9.17, 15) is 9.59 Å². The fraction of sp³-hybridized carbons (Fsp3) is 0.176. The molecule has 1 aliphatic rings. The summed E-state index contributed by atoms with van der Waals surface area (Å²) < 4.78 is 0.718. The number of fused-ring (bicyclic) bond motifs is 1. The Morgan fingerprint density at radius 2 is 2.00 bits per heavy atom. The van der Waals surface area contributed by atoms with E-state index in [2.05, 4.69) is 21.2 Å². The second-order valence-corrected chi connectivity index (χ2v) is 6.62. The standard InChI is InChI=1S/C17H14BrClN2O2/c18-13-7-12(8-14(19)9-13)17(23)20-10-16(22)21-6-5-11-3-1-2-4-15(11)21/h1-4,7-9H,5-6,10H2,(H,20,23). The molecule has 0 fully saturated rings. The van der Waals surface area contributed by atoms with E-state index in [1.54, 1.807) is 23.1 Å². The minimum atomic E-state index is -0.325. The highest BCUT2D eigenvalue weighted by molar-refractivity contribution is 9.10. The molecule has 0 atom stereocenters. The molecule has 3 rings (SSSR count). The van der Waals surface area contributed by atoms with Crippen molar-refractivity contribution in [3.63, 3.8) is 0 Å². The molecule has 2 aromatic rings. The molecule has 1 heterocycles. The van der Waals surface area contributed by atoms with Crippen molar-refractivity contribution in [2.24, 2.45) is 0 Å². The highest BCUT2D eigenvalue weighted by atomic mass is 79.9. The molecule has 2 aromatic carbocycles. The third-order valence-electron chi connectivity index (χ3n) is 3.71. The molecule has 0 aliphatic carbocycles. The number of anilines is 1. The first-order valence-corrected chi connectivity index (χ1v) is 8.34. The van der Waals surface area contributed by atoms with Gasteiger partial charge < -0.3 is 10.2 Å². The zero-order valence-electron chi connectivity index (χ0n) is 12.2. The van der Waals surface area contributed by atoms with E-state index < -0.39 is 0 Å². The van der Waals surface area contributed by atoms with E-state index >= 15 is 0 Å². The molecule has 2 amide bonds. The fourth-order valence-electron chi connectivity index (χ4n) is 2.64. The second-order valence-electron chi connectivity index (χ2n) is 5.26. The van der Waals surface area contributed by atoms with Gasteiger partial charge in [-0.1, -0.05) is 45.7 Å². The first-order valence-electron chi connectivity index (χ1n) is 7.17. The zero-order chi connectivity index (χ0) is 16.4. The molecular weight excluding hydrogens is 380 g/mol. The summed E-state index contributed by atoms with van der Waals surface area (Å²) in [4.78, 5) is 26.2. The van der Waals surface area contributed by atoms with Crippen molar-refractivity contribution < 1.29 is 9.59 Å². The molecule has 23 heavy (non-hydrogen) atoms. The van der Waals surface area contributed by atoms with Crippen molar-refractivity contribution in [3.8, 4) is 0 Å². The van der Waals surface area contributed by atoms with E-state index in [-0.39, 0.29) is 18.4 Å². The van der Waals surface area contributed by atoms with Gasteiger partial charge in [0.25, 0.3) is 5.91 Å². The average Bonchev–Trinajstić information content (AvgIpc) is 2.95. The number of carbonyl (C=O) groups excluding carboxylic acids is 2. The van der Waals surface area contributed by atoms with Crippen LogP contribution in [0.15, 0.2) is 46.9 Å². The van der Waals surface area contributed by atoms with Crippen LogP contribution in [0.25, 0.3) is 0 Å². The van der Waals surface area contributed by atoms with E-state index in [0.717, 1.165) is 22.1 Å². The van der Waals surface area contributed by atoms with Gasteiger partial charge in [0.2, 0.25) is 5.91 Å². The van der Waals surface area contributed by atoms with Gasteiger partial charge in [-0.05, 0) is 36.2 Å². The number of nitrogens with one attached hydrogen (secondary N) is 1. The van der Waals surface area contributed by atoms with Gasteiger partial charge in [0.05, 0.1) is 6.54 Å². The number of amides is 2. The molecule has 0 bridgehead atoms. The number of hydrogen-bond donors (Lipinski definition) is 1. The van der Waals surface area contributed by atoms with Crippen LogP contribution in [0.4, 0.5) is 5.69 Å². The highest BCUT2D eigenvalue weighted by Crippen LogP contribution is 2.27. The Hall–Kier alpha value is -1.85. The lowest BCUT2D eigenvalue weighted by molar-refractivity contribution is -0.117. The SMILES string of the molecule is O=C(NCC(=O)N1CCc2ccccc21)c1cc(Cl)cc(Br)c1. The predicted octanol–water partition coefficient (Wildman–Crippen LogP) is 3.42. The maximum Gasteiger partial charge on any atom is 0.251 e. The number of carbonyl (C=O) groups is 2. The summed E-state index contributed by atoms with van der Waals surface area (Å²) >= 11 is 9.23. The van der Waals surface area contributed by atoms with Gasteiger partial charge in [0.15, 0.2) is 0 Å². The van der Waals surface area contributed by atoms with Crippen LogP contribution in [-0.4, -0.2) is 24.9 Å². The van der Waals surface area contributed by atoms with Crippen LogP contribution in [0.1, 0.15) is 15.9 Å². The maximum atomic E-state index is 12.4. The lowest BCUT2D eigenvalue weighted by Crippen LogP contribution is -2.39. The highest BCUT2D eigenvalue weighted by Gasteiger charge is 2.24. The van der Waals surface area contributed by atoms with Crippen LogP contribution in [-0.2, 0) is 11.2 Å². The van der Waals surface area contributed by atoms with Crippen LogP contribution in [0.2, 0.25) is 5.02 Å². The summed E-state index contributed by atoms with van der Waals surface area (Å²) in [6.45, 7) is 0.605. The molecule has 0 aromatic heterocycles. The lowest BCUT2D eigenvalue weighted by Gasteiger charge is -2.17. The molecule has 0 saturated carbocycles. The lowest BCUT2D eigenvalue weighted by atomic mass is 10.2. The number of halogens is 2. The largest absolute Gasteiger partial charge is 0.343 e. The Labute approximate surface area is 147 Å². The van der Waals surface area contributed by atoms with E-state index in [1.807, 2.05) is 24.3 Å². The van der Waals surface area contributed by atoms with Crippen molar-refractivity contribution in [1.29, 1.82) is 0 Å². The Morgan fingerprint density at radius 1 is 1.22 bits per heavy atom. The molecule has 1 N–H and O–H groups in total. The Bertz CT molecular complexity index is 759. The van der Waals surface area contributed by atoms with Crippen LogP contribution in [0.3, 0.4) is 0 Å². The number of benzene rings is 2. The van der Waals surface area contributed by atoms with Crippen LogP contribution in [0, 0.1) is 0 Å². The summed E-state index contributed by atoms with van der Waals surface area (Å²) in [6.07, 6.45) is 0.844. The smallest absolute Gasteiger partial charge is 0.251 e. The van der Waals surface area contributed by atoms with E-state index in [1.165, 1.54) is 0 Å². The second kappa shape index (κ2) is 6.72. The third-order valence-corrected chi connectivity index (χ3v) is 4.39. The number of nitrogens with zero attached hydrogens (tertiary/aromatic N) is 1. The first kappa shape index (κ1) is 16.0. The van der Waals surface area contributed by atoms with Gasteiger partial charge in [0, 0.05) is 27.3 Å². The Balaban J connectivity index is 1.64. The summed E-state index contributed by atoms with van der Waals surface area (Å²) in [5.74, 6) is -0.446. The normalized spacial score (nSPS) is 12.9. The zero-order valence-corrected chi connectivity index (χ0v) is 14.5. The van der Waals surface area contributed by atoms with Crippen molar-refractivity contribution >= 4 is 45.0 Å².